The Morgan fingerprint density at radius 1 is 1.00 bits per heavy atom. The van der Waals surface area contributed by atoms with Gasteiger partial charge < -0.3 is 5.32 Å². The highest BCUT2D eigenvalue weighted by Crippen LogP contribution is 2.39. The van der Waals surface area contributed by atoms with E-state index in [1.807, 2.05) is 0 Å². The van der Waals surface area contributed by atoms with Crippen LogP contribution in [0.4, 0.5) is 5.69 Å². The first-order valence-electron chi connectivity index (χ1n) is 8.17. The SMILES string of the molecule is CCCc1ccccc1NC1CC(c2ccc(C)cc2)C1. The smallest absolute Gasteiger partial charge is 0.0374 e. The third-order valence-corrected chi connectivity index (χ3v) is 4.58. The Balaban J connectivity index is 1.58. The van der Waals surface area contributed by atoms with Crippen molar-refractivity contribution in [3.05, 3.63) is 65.2 Å². The highest BCUT2D eigenvalue weighted by Gasteiger charge is 2.30. The molecule has 0 heterocycles. The van der Waals surface area contributed by atoms with Crippen LogP contribution >= 0.6 is 0 Å². The van der Waals surface area contributed by atoms with Crippen molar-refractivity contribution in [2.75, 3.05) is 5.32 Å². The fraction of sp³-hybridized carbons (Fsp3) is 0.400. The van der Waals surface area contributed by atoms with Crippen molar-refractivity contribution in [3.8, 4) is 0 Å². The maximum Gasteiger partial charge on any atom is 0.0374 e. The van der Waals surface area contributed by atoms with Crippen LogP contribution in [0.15, 0.2) is 48.5 Å². The van der Waals surface area contributed by atoms with Gasteiger partial charge in [-0.3, -0.25) is 0 Å². The minimum Gasteiger partial charge on any atom is -0.382 e. The van der Waals surface area contributed by atoms with E-state index in [4.69, 9.17) is 0 Å². The van der Waals surface area contributed by atoms with Gasteiger partial charge in [-0.2, -0.15) is 0 Å². The topological polar surface area (TPSA) is 12.0 Å². The van der Waals surface area contributed by atoms with Gasteiger partial charge >= 0.3 is 0 Å². The molecule has 21 heavy (non-hydrogen) atoms. The number of aryl methyl sites for hydroxylation is 2. The van der Waals surface area contributed by atoms with Crippen LogP contribution in [0.5, 0.6) is 0 Å². The molecule has 2 aromatic rings. The summed E-state index contributed by atoms with van der Waals surface area (Å²) in [7, 11) is 0. The Hall–Kier alpha value is -1.76. The van der Waals surface area contributed by atoms with E-state index in [9.17, 15) is 0 Å². The molecule has 2 aromatic carbocycles. The minimum absolute atomic E-state index is 0.634. The maximum atomic E-state index is 3.74. The zero-order chi connectivity index (χ0) is 14.7. The maximum absolute atomic E-state index is 3.74. The van der Waals surface area contributed by atoms with Gasteiger partial charge in [0.1, 0.15) is 0 Å². The third-order valence-electron chi connectivity index (χ3n) is 4.58. The Morgan fingerprint density at radius 2 is 1.71 bits per heavy atom. The van der Waals surface area contributed by atoms with Gasteiger partial charge in [-0.25, -0.2) is 0 Å². The molecule has 1 aliphatic carbocycles. The predicted molar refractivity (Wildman–Crippen MR) is 91.0 cm³/mol. The average Bonchev–Trinajstić information content (AvgIpc) is 2.46. The highest BCUT2D eigenvalue weighted by atomic mass is 14.9. The van der Waals surface area contributed by atoms with Crippen molar-refractivity contribution < 1.29 is 0 Å². The van der Waals surface area contributed by atoms with Crippen LogP contribution in [0.1, 0.15) is 48.8 Å². The van der Waals surface area contributed by atoms with E-state index in [1.165, 1.54) is 41.6 Å². The predicted octanol–water partition coefficient (Wildman–Crippen LogP) is 5.31. The zero-order valence-corrected chi connectivity index (χ0v) is 13.1. The number of rotatable bonds is 5. The van der Waals surface area contributed by atoms with Crippen molar-refractivity contribution in [1.82, 2.24) is 0 Å². The summed E-state index contributed by atoms with van der Waals surface area (Å²) in [6.07, 6.45) is 4.87. The summed E-state index contributed by atoms with van der Waals surface area (Å²) in [5, 5.41) is 3.74. The molecular formula is C20H25N. The summed E-state index contributed by atoms with van der Waals surface area (Å²) in [6.45, 7) is 4.40. The summed E-state index contributed by atoms with van der Waals surface area (Å²) in [5.74, 6) is 0.737. The monoisotopic (exact) mass is 279 g/mol. The van der Waals surface area contributed by atoms with Crippen LogP contribution in [0.3, 0.4) is 0 Å². The summed E-state index contributed by atoms with van der Waals surface area (Å²) in [4.78, 5) is 0. The molecular weight excluding hydrogens is 254 g/mol. The van der Waals surface area contributed by atoms with Gasteiger partial charge in [0, 0.05) is 11.7 Å². The second kappa shape index (κ2) is 6.34. The molecule has 3 rings (SSSR count). The Kier molecular flexibility index (Phi) is 4.28. The van der Waals surface area contributed by atoms with E-state index in [1.54, 1.807) is 0 Å². The fourth-order valence-corrected chi connectivity index (χ4v) is 3.21. The van der Waals surface area contributed by atoms with Crippen LogP contribution in [-0.4, -0.2) is 6.04 Å². The van der Waals surface area contributed by atoms with Gasteiger partial charge in [0.2, 0.25) is 0 Å². The molecule has 0 saturated heterocycles. The molecule has 1 heteroatoms. The number of hydrogen-bond donors (Lipinski definition) is 1. The molecule has 110 valence electrons. The Morgan fingerprint density at radius 3 is 2.43 bits per heavy atom. The largest absolute Gasteiger partial charge is 0.382 e. The molecule has 0 bridgehead atoms. The minimum atomic E-state index is 0.634. The lowest BCUT2D eigenvalue weighted by atomic mass is 9.75. The van der Waals surface area contributed by atoms with Crippen LogP contribution < -0.4 is 5.32 Å². The van der Waals surface area contributed by atoms with Crippen molar-refractivity contribution in [1.29, 1.82) is 0 Å². The van der Waals surface area contributed by atoms with Gasteiger partial charge in [0.05, 0.1) is 0 Å². The van der Waals surface area contributed by atoms with E-state index in [-0.39, 0.29) is 0 Å². The number of anilines is 1. The van der Waals surface area contributed by atoms with Gasteiger partial charge in [0.15, 0.2) is 0 Å². The number of para-hydroxylation sites is 1. The summed E-state index contributed by atoms with van der Waals surface area (Å²) >= 11 is 0. The molecule has 1 fully saturated rings. The van der Waals surface area contributed by atoms with E-state index in [2.05, 4.69) is 67.7 Å². The lowest BCUT2D eigenvalue weighted by molar-refractivity contribution is 0.374. The van der Waals surface area contributed by atoms with Gasteiger partial charge in [-0.05, 0) is 49.3 Å². The molecule has 1 saturated carbocycles. The lowest BCUT2D eigenvalue weighted by Crippen LogP contribution is -2.34. The molecule has 0 aliphatic heterocycles. The molecule has 0 atom stereocenters. The standard InChI is InChI=1S/C20H25N/c1-3-6-17-7-4-5-8-20(17)21-19-13-18(14-19)16-11-9-15(2)10-12-16/h4-5,7-12,18-19,21H,3,6,13-14H2,1-2H3. The Labute approximate surface area is 128 Å². The highest BCUT2D eigenvalue weighted by molar-refractivity contribution is 5.52. The summed E-state index contributed by atoms with van der Waals surface area (Å²) in [5.41, 5.74) is 5.65. The van der Waals surface area contributed by atoms with E-state index >= 15 is 0 Å². The number of nitrogens with one attached hydrogen (secondary N) is 1. The number of benzene rings is 2. The quantitative estimate of drug-likeness (QED) is 0.782. The van der Waals surface area contributed by atoms with Gasteiger partial charge in [-0.15, -0.1) is 0 Å². The first kappa shape index (κ1) is 14.2. The summed E-state index contributed by atoms with van der Waals surface area (Å²) in [6, 6.07) is 18.4. The second-order valence-corrected chi connectivity index (χ2v) is 6.33. The van der Waals surface area contributed by atoms with E-state index < -0.39 is 0 Å². The van der Waals surface area contributed by atoms with Crippen LogP contribution in [0, 0.1) is 6.92 Å². The normalized spacial score (nSPS) is 20.9. The lowest BCUT2D eigenvalue weighted by Gasteiger charge is -2.37. The van der Waals surface area contributed by atoms with Gasteiger partial charge in [-0.1, -0.05) is 61.4 Å². The van der Waals surface area contributed by atoms with Gasteiger partial charge in [0.25, 0.3) is 0 Å². The van der Waals surface area contributed by atoms with Crippen molar-refractivity contribution in [2.45, 2.75) is 51.5 Å². The van der Waals surface area contributed by atoms with E-state index in [0.29, 0.717) is 6.04 Å². The molecule has 1 N–H and O–H groups in total. The first-order chi connectivity index (χ1) is 10.3. The van der Waals surface area contributed by atoms with Crippen LogP contribution in [-0.2, 0) is 6.42 Å². The molecule has 0 unspecified atom stereocenters. The molecule has 0 amide bonds. The average molecular weight is 279 g/mol. The molecule has 1 nitrogen and oxygen atoms in total. The molecule has 0 radical (unpaired) electrons. The second-order valence-electron chi connectivity index (χ2n) is 6.33. The van der Waals surface area contributed by atoms with Crippen LogP contribution in [0.25, 0.3) is 0 Å². The third kappa shape index (κ3) is 3.29. The van der Waals surface area contributed by atoms with Crippen LogP contribution in [0.2, 0.25) is 0 Å². The Bertz CT molecular complexity index is 579. The van der Waals surface area contributed by atoms with E-state index in [0.717, 1.165) is 12.3 Å². The van der Waals surface area contributed by atoms with Crippen molar-refractivity contribution in [2.24, 2.45) is 0 Å². The molecule has 1 aliphatic rings. The fourth-order valence-electron chi connectivity index (χ4n) is 3.21. The first-order valence-corrected chi connectivity index (χ1v) is 8.17. The van der Waals surface area contributed by atoms with Crippen molar-refractivity contribution >= 4 is 5.69 Å². The zero-order valence-electron chi connectivity index (χ0n) is 13.1. The summed E-state index contributed by atoms with van der Waals surface area (Å²) < 4.78 is 0. The molecule has 0 spiro atoms. The molecule has 0 aromatic heterocycles. The number of hydrogen-bond acceptors (Lipinski definition) is 1. The van der Waals surface area contributed by atoms with Crippen molar-refractivity contribution in [3.63, 3.8) is 0 Å².